The lowest BCUT2D eigenvalue weighted by molar-refractivity contribution is 0.306. The Bertz CT molecular complexity index is 720. The second-order valence-corrected chi connectivity index (χ2v) is 5.66. The van der Waals surface area contributed by atoms with Crippen molar-refractivity contribution in [2.24, 2.45) is 0 Å². The molecule has 1 heterocycles. The molecule has 0 aliphatic rings. The SMILES string of the molecule is Clc1cccc(Cl)c1COc1ccc(Cc2ncc[nH]2)cc1. The molecule has 2 aromatic carbocycles. The predicted octanol–water partition coefficient (Wildman–Crippen LogP) is 4.89. The molecular formula is C17H14Cl2N2O. The Hall–Kier alpha value is -1.97. The number of aromatic amines is 1. The van der Waals surface area contributed by atoms with Crippen LogP contribution in [0, 0.1) is 0 Å². The molecule has 3 nitrogen and oxygen atoms in total. The zero-order valence-electron chi connectivity index (χ0n) is 11.7. The highest BCUT2D eigenvalue weighted by atomic mass is 35.5. The van der Waals surface area contributed by atoms with E-state index in [1.165, 1.54) is 0 Å². The normalized spacial score (nSPS) is 10.6. The van der Waals surface area contributed by atoms with Crippen molar-refractivity contribution in [2.75, 3.05) is 0 Å². The smallest absolute Gasteiger partial charge is 0.119 e. The average molecular weight is 333 g/mol. The maximum absolute atomic E-state index is 6.13. The van der Waals surface area contributed by atoms with Gasteiger partial charge in [0.15, 0.2) is 0 Å². The molecule has 3 rings (SSSR count). The van der Waals surface area contributed by atoms with Crippen LogP contribution in [0.2, 0.25) is 10.0 Å². The van der Waals surface area contributed by atoms with Gasteiger partial charge in [0, 0.05) is 34.4 Å². The van der Waals surface area contributed by atoms with E-state index < -0.39 is 0 Å². The van der Waals surface area contributed by atoms with E-state index in [1.54, 1.807) is 18.3 Å². The molecule has 0 radical (unpaired) electrons. The molecule has 0 spiro atoms. The van der Waals surface area contributed by atoms with Crippen LogP contribution in [0.5, 0.6) is 5.75 Å². The largest absolute Gasteiger partial charge is 0.489 e. The van der Waals surface area contributed by atoms with Crippen LogP contribution in [0.1, 0.15) is 17.0 Å². The summed E-state index contributed by atoms with van der Waals surface area (Å²) in [7, 11) is 0. The Morgan fingerprint density at radius 2 is 1.73 bits per heavy atom. The van der Waals surface area contributed by atoms with Crippen molar-refractivity contribution < 1.29 is 4.74 Å². The zero-order chi connectivity index (χ0) is 15.4. The van der Waals surface area contributed by atoms with Crippen molar-refractivity contribution in [1.82, 2.24) is 9.97 Å². The highest BCUT2D eigenvalue weighted by Crippen LogP contribution is 2.26. The van der Waals surface area contributed by atoms with E-state index >= 15 is 0 Å². The van der Waals surface area contributed by atoms with Gasteiger partial charge >= 0.3 is 0 Å². The molecule has 0 unspecified atom stereocenters. The number of aromatic nitrogens is 2. The summed E-state index contributed by atoms with van der Waals surface area (Å²) in [6, 6.07) is 13.3. The van der Waals surface area contributed by atoms with E-state index in [1.807, 2.05) is 36.5 Å². The van der Waals surface area contributed by atoms with Crippen molar-refractivity contribution in [3.8, 4) is 5.75 Å². The number of halogens is 2. The van der Waals surface area contributed by atoms with Gasteiger partial charge in [0.05, 0.1) is 0 Å². The second kappa shape index (κ2) is 6.86. The fourth-order valence-electron chi connectivity index (χ4n) is 2.12. The molecule has 112 valence electrons. The maximum Gasteiger partial charge on any atom is 0.119 e. The van der Waals surface area contributed by atoms with Gasteiger partial charge in [0.1, 0.15) is 18.2 Å². The van der Waals surface area contributed by atoms with Gasteiger partial charge in [0.25, 0.3) is 0 Å². The Morgan fingerprint density at radius 1 is 1.00 bits per heavy atom. The van der Waals surface area contributed by atoms with Crippen LogP contribution in [0.25, 0.3) is 0 Å². The number of ether oxygens (including phenoxy) is 1. The van der Waals surface area contributed by atoms with Gasteiger partial charge in [0.2, 0.25) is 0 Å². The fraction of sp³-hybridized carbons (Fsp3) is 0.118. The van der Waals surface area contributed by atoms with Crippen LogP contribution in [-0.2, 0) is 13.0 Å². The van der Waals surface area contributed by atoms with Crippen LogP contribution in [0.15, 0.2) is 54.9 Å². The molecule has 0 saturated carbocycles. The lowest BCUT2D eigenvalue weighted by atomic mass is 10.1. The third-order valence-corrected chi connectivity index (χ3v) is 4.00. The van der Waals surface area contributed by atoms with Gasteiger partial charge in [-0.15, -0.1) is 0 Å². The van der Waals surface area contributed by atoms with Crippen LogP contribution < -0.4 is 4.74 Å². The summed E-state index contributed by atoms with van der Waals surface area (Å²) in [5.74, 6) is 1.72. The monoisotopic (exact) mass is 332 g/mol. The minimum atomic E-state index is 0.343. The van der Waals surface area contributed by atoms with E-state index in [0.29, 0.717) is 16.7 Å². The quantitative estimate of drug-likeness (QED) is 0.722. The number of hydrogen-bond acceptors (Lipinski definition) is 2. The molecular weight excluding hydrogens is 319 g/mol. The molecule has 3 aromatic rings. The first kappa shape index (κ1) is 14.9. The molecule has 0 aliphatic carbocycles. The summed E-state index contributed by atoms with van der Waals surface area (Å²) in [5.41, 5.74) is 1.96. The fourth-order valence-corrected chi connectivity index (χ4v) is 2.62. The molecule has 1 aromatic heterocycles. The maximum atomic E-state index is 6.13. The summed E-state index contributed by atoms with van der Waals surface area (Å²) >= 11 is 12.3. The molecule has 0 atom stereocenters. The number of nitrogens with one attached hydrogen (secondary N) is 1. The van der Waals surface area contributed by atoms with Gasteiger partial charge in [-0.1, -0.05) is 41.4 Å². The molecule has 0 aliphatic heterocycles. The van der Waals surface area contributed by atoms with E-state index in [0.717, 1.165) is 29.1 Å². The molecule has 1 N–H and O–H groups in total. The van der Waals surface area contributed by atoms with Crippen molar-refractivity contribution in [1.29, 1.82) is 0 Å². The van der Waals surface area contributed by atoms with Crippen molar-refractivity contribution in [3.05, 3.63) is 81.9 Å². The van der Waals surface area contributed by atoms with Crippen LogP contribution >= 0.6 is 23.2 Å². The summed E-state index contributed by atoms with van der Waals surface area (Å²) in [4.78, 5) is 7.30. The zero-order valence-corrected chi connectivity index (χ0v) is 13.2. The highest BCUT2D eigenvalue weighted by Gasteiger charge is 2.06. The van der Waals surface area contributed by atoms with E-state index in [-0.39, 0.29) is 0 Å². The van der Waals surface area contributed by atoms with Crippen molar-refractivity contribution >= 4 is 23.2 Å². The van der Waals surface area contributed by atoms with E-state index in [9.17, 15) is 0 Å². The van der Waals surface area contributed by atoms with Crippen LogP contribution in [-0.4, -0.2) is 9.97 Å². The first-order valence-corrected chi connectivity index (χ1v) is 7.61. The minimum Gasteiger partial charge on any atom is -0.489 e. The predicted molar refractivity (Wildman–Crippen MR) is 88.6 cm³/mol. The minimum absolute atomic E-state index is 0.343. The lowest BCUT2D eigenvalue weighted by Crippen LogP contribution is -1.98. The van der Waals surface area contributed by atoms with Crippen molar-refractivity contribution in [2.45, 2.75) is 13.0 Å². The van der Waals surface area contributed by atoms with Crippen LogP contribution in [0.4, 0.5) is 0 Å². The Labute approximate surface area is 138 Å². The van der Waals surface area contributed by atoms with E-state index in [4.69, 9.17) is 27.9 Å². The third kappa shape index (κ3) is 3.62. The summed E-state index contributed by atoms with van der Waals surface area (Å²) in [6.45, 7) is 0.343. The lowest BCUT2D eigenvalue weighted by Gasteiger charge is -2.10. The van der Waals surface area contributed by atoms with Gasteiger partial charge < -0.3 is 9.72 Å². The Kier molecular flexibility index (Phi) is 4.66. The van der Waals surface area contributed by atoms with Crippen LogP contribution in [0.3, 0.4) is 0 Å². The number of rotatable bonds is 5. The number of imidazole rings is 1. The van der Waals surface area contributed by atoms with Gasteiger partial charge in [-0.3, -0.25) is 0 Å². The number of H-pyrrole nitrogens is 1. The van der Waals surface area contributed by atoms with Crippen molar-refractivity contribution in [3.63, 3.8) is 0 Å². The standard InChI is InChI=1S/C17H14Cl2N2O/c18-15-2-1-3-16(19)14(15)11-22-13-6-4-12(5-7-13)10-17-20-8-9-21-17/h1-9H,10-11H2,(H,20,21). The topological polar surface area (TPSA) is 37.9 Å². The first-order valence-electron chi connectivity index (χ1n) is 6.85. The summed E-state index contributed by atoms with van der Waals surface area (Å²) in [5, 5.41) is 1.23. The van der Waals surface area contributed by atoms with Gasteiger partial charge in [-0.05, 0) is 29.8 Å². The molecule has 0 fully saturated rings. The summed E-state index contributed by atoms with van der Waals surface area (Å²) < 4.78 is 5.75. The molecule has 0 saturated heterocycles. The van der Waals surface area contributed by atoms with Gasteiger partial charge in [-0.2, -0.15) is 0 Å². The number of benzene rings is 2. The average Bonchev–Trinajstić information content (AvgIpc) is 3.01. The van der Waals surface area contributed by atoms with Gasteiger partial charge in [-0.25, -0.2) is 4.98 Å². The summed E-state index contributed by atoms with van der Waals surface area (Å²) in [6.07, 6.45) is 4.34. The Morgan fingerprint density at radius 3 is 2.36 bits per heavy atom. The molecule has 5 heteroatoms. The Balaban J connectivity index is 1.64. The third-order valence-electron chi connectivity index (χ3n) is 3.29. The second-order valence-electron chi connectivity index (χ2n) is 4.85. The molecule has 0 amide bonds. The first-order chi connectivity index (χ1) is 10.7. The highest BCUT2D eigenvalue weighted by molar-refractivity contribution is 6.35. The number of nitrogens with zero attached hydrogens (tertiary/aromatic N) is 1. The molecule has 22 heavy (non-hydrogen) atoms. The molecule has 0 bridgehead atoms. The number of hydrogen-bond donors (Lipinski definition) is 1. The van der Waals surface area contributed by atoms with E-state index in [2.05, 4.69) is 9.97 Å².